The van der Waals surface area contributed by atoms with Crippen molar-refractivity contribution in [2.75, 3.05) is 57.7 Å². The van der Waals surface area contributed by atoms with Crippen LogP contribution in [0.2, 0.25) is 5.02 Å². The highest BCUT2D eigenvalue weighted by Crippen LogP contribution is 2.22. The normalized spacial score (nSPS) is 20.3. The highest BCUT2D eigenvalue weighted by molar-refractivity contribution is 6.31. The lowest BCUT2D eigenvalue weighted by atomic mass is 10.0. The van der Waals surface area contributed by atoms with Crippen LogP contribution in [0.1, 0.15) is 12.8 Å². The summed E-state index contributed by atoms with van der Waals surface area (Å²) in [6.45, 7) is 6.41. The lowest BCUT2D eigenvalue weighted by Crippen LogP contribution is -2.54. The van der Waals surface area contributed by atoms with Crippen LogP contribution in [0.3, 0.4) is 0 Å². The van der Waals surface area contributed by atoms with Gasteiger partial charge in [-0.2, -0.15) is 0 Å². The molecule has 26 heavy (non-hydrogen) atoms. The number of piperidine rings is 1. The standard InChI is InChI=1S/C18H26ClFN4O2/c19-16-13-14(1-2-17(16)20)21-18(26)24-5-3-15(4-6-24)23-9-7-22(8-10-23)11-12-25/h1-2,13,15,25H,3-12H2,(H,21,26). The van der Waals surface area contributed by atoms with Gasteiger partial charge in [0.15, 0.2) is 0 Å². The summed E-state index contributed by atoms with van der Waals surface area (Å²) < 4.78 is 13.2. The van der Waals surface area contributed by atoms with Gasteiger partial charge in [-0.1, -0.05) is 11.6 Å². The zero-order valence-corrected chi connectivity index (χ0v) is 15.6. The number of urea groups is 1. The first kappa shape index (κ1) is 19.4. The van der Waals surface area contributed by atoms with E-state index in [-0.39, 0.29) is 17.7 Å². The first-order valence-electron chi connectivity index (χ1n) is 9.15. The van der Waals surface area contributed by atoms with E-state index in [4.69, 9.17) is 16.7 Å². The third-order valence-corrected chi connectivity index (χ3v) is 5.55. The van der Waals surface area contributed by atoms with Crippen LogP contribution in [0, 0.1) is 5.82 Å². The molecular formula is C18H26ClFN4O2. The van der Waals surface area contributed by atoms with Crippen molar-refractivity contribution in [1.82, 2.24) is 14.7 Å². The van der Waals surface area contributed by atoms with Crippen molar-refractivity contribution in [2.45, 2.75) is 18.9 Å². The molecule has 0 aromatic heterocycles. The Morgan fingerprint density at radius 3 is 2.50 bits per heavy atom. The Morgan fingerprint density at radius 2 is 1.88 bits per heavy atom. The third-order valence-electron chi connectivity index (χ3n) is 5.26. The number of nitrogens with zero attached hydrogens (tertiary/aromatic N) is 3. The minimum atomic E-state index is -0.496. The molecule has 0 unspecified atom stereocenters. The molecule has 2 aliphatic rings. The topological polar surface area (TPSA) is 59.1 Å². The quantitative estimate of drug-likeness (QED) is 0.834. The molecule has 2 fully saturated rings. The Kier molecular flexibility index (Phi) is 6.69. The lowest BCUT2D eigenvalue weighted by Gasteiger charge is -2.42. The fraction of sp³-hybridized carbons (Fsp3) is 0.611. The molecule has 2 amide bonds. The van der Waals surface area contributed by atoms with Crippen molar-refractivity contribution in [3.05, 3.63) is 29.0 Å². The van der Waals surface area contributed by atoms with E-state index in [1.54, 1.807) is 4.90 Å². The number of β-amino-alcohol motifs (C(OH)–C–C–N with tert-alkyl or cyclic N) is 1. The molecule has 0 bridgehead atoms. The number of halogens is 2. The summed E-state index contributed by atoms with van der Waals surface area (Å²) >= 11 is 5.76. The van der Waals surface area contributed by atoms with Crippen molar-refractivity contribution in [3.8, 4) is 0 Å². The highest BCUT2D eigenvalue weighted by Gasteiger charge is 2.29. The van der Waals surface area contributed by atoms with Crippen molar-refractivity contribution < 1.29 is 14.3 Å². The first-order valence-corrected chi connectivity index (χ1v) is 9.53. The van der Waals surface area contributed by atoms with Gasteiger partial charge >= 0.3 is 6.03 Å². The summed E-state index contributed by atoms with van der Waals surface area (Å²) in [5.74, 6) is -0.496. The molecule has 0 aliphatic carbocycles. The Balaban J connectivity index is 1.44. The lowest BCUT2D eigenvalue weighted by molar-refractivity contribution is 0.0598. The van der Waals surface area contributed by atoms with Crippen molar-refractivity contribution in [3.63, 3.8) is 0 Å². The van der Waals surface area contributed by atoms with E-state index in [2.05, 4.69) is 15.1 Å². The number of carbonyl (C=O) groups excluding carboxylic acids is 1. The van der Waals surface area contributed by atoms with Crippen LogP contribution in [0.15, 0.2) is 18.2 Å². The molecule has 3 rings (SSSR count). The van der Waals surface area contributed by atoms with Gasteiger partial charge in [-0.3, -0.25) is 9.80 Å². The van der Waals surface area contributed by atoms with Crippen LogP contribution >= 0.6 is 11.6 Å². The largest absolute Gasteiger partial charge is 0.395 e. The molecule has 0 atom stereocenters. The molecule has 2 heterocycles. The number of nitrogens with one attached hydrogen (secondary N) is 1. The average Bonchev–Trinajstić information content (AvgIpc) is 2.66. The summed E-state index contributed by atoms with van der Waals surface area (Å²) in [4.78, 5) is 19.0. The molecule has 1 aromatic rings. The molecule has 6 nitrogen and oxygen atoms in total. The SMILES string of the molecule is O=C(Nc1ccc(F)c(Cl)c1)N1CCC(N2CCN(CCO)CC2)CC1. The maximum absolute atomic E-state index is 13.2. The Morgan fingerprint density at radius 1 is 1.19 bits per heavy atom. The predicted octanol–water partition coefficient (Wildman–Crippen LogP) is 2.09. The van der Waals surface area contributed by atoms with Gasteiger partial charge in [-0.15, -0.1) is 0 Å². The molecule has 2 aliphatic heterocycles. The van der Waals surface area contributed by atoms with E-state index in [0.717, 1.165) is 45.6 Å². The zero-order chi connectivity index (χ0) is 18.5. The maximum atomic E-state index is 13.2. The second-order valence-electron chi connectivity index (χ2n) is 6.88. The van der Waals surface area contributed by atoms with Crippen LogP contribution in [0.25, 0.3) is 0 Å². The van der Waals surface area contributed by atoms with Crippen molar-refractivity contribution in [2.24, 2.45) is 0 Å². The minimum Gasteiger partial charge on any atom is -0.395 e. The Hall–Kier alpha value is -1.41. The average molecular weight is 385 g/mol. The molecule has 8 heteroatoms. The van der Waals surface area contributed by atoms with Crippen LogP contribution in [0.4, 0.5) is 14.9 Å². The summed E-state index contributed by atoms with van der Waals surface area (Å²) in [6.07, 6.45) is 1.91. The molecule has 0 spiro atoms. The third kappa shape index (κ3) is 4.85. The second-order valence-corrected chi connectivity index (χ2v) is 7.29. The molecular weight excluding hydrogens is 359 g/mol. The number of aliphatic hydroxyl groups excluding tert-OH is 1. The Labute approximate surface area is 158 Å². The second kappa shape index (κ2) is 8.99. The van der Waals surface area contributed by atoms with Crippen LogP contribution < -0.4 is 5.32 Å². The monoisotopic (exact) mass is 384 g/mol. The summed E-state index contributed by atoms with van der Waals surface area (Å²) in [5, 5.41) is 11.8. The van der Waals surface area contributed by atoms with Crippen molar-refractivity contribution in [1.29, 1.82) is 0 Å². The van der Waals surface area contributed by atoms with Gasteiger partial charge in [-0.05, 0) is 31.0 Å². The van der Waals surface area contributed by atoms with Crippen molar-refractivity contribution >= 4 is 23.3 Å². The van der Waals surface area contributed by atoms with Crippen LogP contribution in [-0.4, -0.2) is 84.3 Å². The van der Waals surface area contributed by atoms with E-state index in [0.29, 0.717) is 24.8 Å². The fourth-order valence-corrected chi connectivity index (χ4v) is 3.88. The molecule has 1 aromatic carbocycles. The summed E-state index contributed by atoms with van der Waals surface area (Å²) in [7, 11) is 0. The number of anilines is 1. The molecule has 0 radical (unpaired) electrons. The summed E-state index contributed by atoms with van der Waals surface area (Å²) in [5.41, 5.74) is 0.503. The highest BCUT2D eigenvalue weighted by atomic mass is 35.5. The minimum absolute atomic E-state index is 0.00171. The van der Waals surface area contributed by atoms with E-state index >= 15 is 0 Å². The molecule has 2 N–H and O–H groups in total. The van der Waals surface area contributed by atoms with E-state index in [1.807, 2.05) is 0 Å². The molecule has 2 saturated heterocycles. The number of amides is 2. The maximum Gasteiger partial charge on any atom is 0.321 e. The number of carbonyl (C=O) groups is 1. The van der Waals surface area contributed by atoms with E-state index in [9.17, 15) is 9.18 Å². The smallest absolute Gasteiger partial charge is 0.321 e. The number of hydrogen-bond donors (Lipinski definition) is 2. The van der Waals surface area contributed by atoms with Gasteiger partial charge in [0.05, 0.1) is 11.6 Å². The fourth-order valence-electron chi connectivity index (χ4n) is 3.70. The van der Waals surface area contributed by atoms with Gasteiger partial charge in [0, 0.05) is 57.5 Å². The number of piperazine rings is 1. The van der Waals surface area contributed by atoms with E-state index in [1.165, 1.54) is 18.2 Å². The van der Waals surface area contributed by atoms with Gasteiger partial charge in [0.1, 0.15) is 5.82 Å². The predicted molar refractivity (Wildman–Crippen MR) is 100 cm³/mol. The number of rotatable bonds is 4. The van der Waals surface area contributed by atoms with Gasteiger partial charge in [0.2, 0.25) is 0 Å². The van der Waals surface area contributed by atoms with Gasteiger partial charge in [-0.25, -0.2) is 9.18 Å². The van der Waals surface area contributed by atoms with Crippen LogP contribution in [-0.2, 0) is 0 Å². The first-order chi connectivity index (χ1) is 12.6. The number of likely N-dealkylation sites (tertiary alicyclic amines) is 1. The Bertz CT molecular complexity index is 617. The van der Waals surface area contributed by atoms with Gasteiger partial charge in [0.25, 0.3) is 0 Å². The number of benzene rings is 1. The zero-order valence-electron chi connectivity index (χ0n) is 14.8. The van der Waals surface area contributed by atoms with E-state index < -0.39 is 5.82 Å². The molecule has 0 saturated carbocycles. The van der Waals surface area contributed by atoms with Gasteiger partial charge < -0.3 is 15.3 Å². The number of hydrogen-bond acceptors (Lipinski definition) is 4. The summed E-state index contributed by atoms with van der Waals surface area (Å²) in [6, 6.07) is 4.53. The van der Waals surface area contributed by atoms with Crippen LogP contribution in [0.5, 0.6) is 0 Å². The number of aliphatic hydroxyl groups is 1. The molecule has 144 valence electrons.